The summed E-state index contributed by atoms with van der Waals surface area (Å²) in [5.41, 5.74) is 2.98. The predicted molar refractivity (Wildman–Crippen MR) is 83.6 cm³/mol. The van der Waals surface area contributed by atoms with E-state index in [0.29, 0.717) is 24.7 Å². The molecule has 1 aromatic carbocycles. The summed E-state index contributed by atoms with van der Waals surface area (Å²) in [6.07, 6.45) is 1.47. The van der Waals surface area contributed by atoms with Crippen molar-refractivity contribution in [2.75, 3.05) is 6.54 Å². The van der Waals surface area contributed by atoms with Gasteiger partial charge in [0.25, 0.3) is 11.9 Å². The molecule has 0 radical (unpaired) electrons. The molecule has 9 heteroatoms. The Balaban J connectivity index is 2.39. The SMILES string of the molecule is Cc1ccccc1C(=O)NC(C=O)CCCNC(=N)N[N+](=O)[O-]. The van der Waals surface area contributed by atoms with Gasteiger partial charge in [0, 0.05) is 12.1 Å². The van der Waals surface area contributed by atoms with Crippen molar-refractivity contribution < 1.29 is 14.6 Å². The van der Waals surface area contributed by atoms with Crippen molar-refractivity contribution in [2.24, 2.45) is 0 Å². The first kappa shape index (κ1) is 18.1. The number of amides is 1. The number of hydrazine groups is 1. The molecule has 4 N–H and O–H groups in total. The Labute approximate surface area is 133 Å². The van der Waals surface area contributed by atoms with Crippen LogP contribution in [0.25, 0.3) is 0 Å². The zero-order valence-electron chi connectivity index (χ0n) is 12.7. The van der Waals surface area contributed by atoms with Gasteiger partial charge in [-0.15, -0.1) is 0 Å². The van der Waals surface area contributed by atoms with Crippen molar-refractivity contribution >= 4 is 18.2 Å². The summed E-state index contributed by atoms with van der Waals surface area (Å²) in [4.78, 5) is 33.2. The third-order valence-corrected chi connectivity index (χ3v) is 3.07. The molecule has 1 aromatic rings. The molecule has 0 fully saturated rings. The molecule has 0 bridgehead atoms. The van der Waals surface area contributed by atoms with Crippen LogP contribution in [-0.2, 0) is 4.79 Å². The zero-order valence-corrected chi connectivity index (χ0v) is 12.7. The smallest absolute Gasteiger partial charge is 0.252 e. The van der Waals surface area contributed by atoms with Gasteiger partial charge in [-0.05, 0) is 31.4 Å². The number of nitrogens with one attached hydrogen (secondary N) is 4. The van der Waals surface area contributed by atoms with Crippen LogP contribution in [0, 0.1) is 22.4 Å². The van der Waals surface area contributed by atoms with E-state index in [9.17, 15) is 19.7 Å². The van der Waals surface area contributed by atoms with Gasteiger partial charge in [-0.2, -0.15) is 0 Å². The van der Waals surface area contributed by atoms with Gasteiger partial charge in [-0.3, -0.25) is 10.2 Å². The highest BCUT2D eigenvalue weighted by Gasteiger charge is 2.14. The summed E-state index contributed by atoms with van der Waals surface area (Å²) in [6.45, 7) is 2.08. The second-order valence-electron chi connectivity index (χ2n) is 4.84. The molecule has 23 heavy (non-hydrogen) atoms. The Kier molecular flexibility index (Phi) is 7.18. The monoisotopic (exact) mass is 321 g/mol. The summed E-state index contributed by atoms with van der Waals surface area (Å²) in [5.74, 6) is -0.752. The number of rotatable bonds is 8. The van der Waals surface area contributed by atoms with Gasteiger partial charge >= 0.3 is 0 Å². The van der Waals surface area contributed by atoms with E-state index in [1.165, 1.54) is 0 Å². The molecule has 1 amide bonds. The Hall–Kier alpha value is -2.97. The second-order valence-corrected chi connectivity index (χ2v) is 4.84. The van der Waals surface area contributed by atoms with E-state index in [1.807, 2.05) is 19.1 Å². The average molecular weight is 321 g/mol. The average Bonchev–Trinajstić information content (AvgIpc) is 2.49. The molecule has 124 valence electrons. The Morgan fingerprint density at radius 1 is 1.43 bits per heavy atom. The molecule has 1 atom stereocenters. The van der Waals surface area contributed by atoms with Crippen molar-refractivity contribution in [1.29, 1.82) is 5.41 Å². The number of aldehydes is 1. The van der Waals surface area contributed by atoms with Crippen LogP contribution >= 0.6 is 0 Å². The van der Waals surface area contributed by atoms with Gasteiger partial charge in [0.15, 0.2) is 5.03 Å². The lowest BCUT2D eigenvalue weighted by Gasteiger charge is -2.14. The number of aryl methyl sites for hydroxylation is 1. The van der Waals surface area contributed by atoms with Crippen molar-refractivity contribution in [3.8, 4) is 0 Å². The third-order valence-electron chi connectivity index (χ3n) is 3.07. The van der Waals surface area contributed by atoms with Gasteiger partial charge < -0.3 is 15.4 Å². The topological polar surface area (TPSA) is 137 Å². The number of carbonyl (C=O) groups excluding carboxylic acids is 2. The van der Waals surface area contributed by atoms with Gasteiger partial charge in [0.2, 0.25) is 0 Å². The molecule has 0 aliphatic rings. The summed E-state index contributed by atoms with van der Waals surface area (Å²) in [6, 6.07) is 6.40. The molecule has 9 nitrogen and oxygen atoms in total. The Bertz CT molecular complexity index is 590. The fourth-order valence-corrected chi connectivity index (χ4v) is 1.91. The zero-order chi connectivity index (χ0) is 17.2. The molecule has 1 unspecified atom stereocenters. The molecular formula is C14H19N5O4. The molecule has 0 aromatic heterocycles. The van der Waals surface area contributed by atoms with Gasteiger partial charge in [-0.1, -0.05) is 23.6 Å². The van der Waals surface area contributed by atoms with E-state index in [2.05, 4.69) is 10.6 Å². The van der Waals surface area contributed by atoms with E-state index >= 15 is 0 Å². The van der Waals surface area contributed by atoms with Crippen LogP contribution in [0.1, 0.15) is 28.8 Å². The predicted octanol–water partition coefficient (Wildman–Crippen LogP) is 0.378. The summed E-state index contributed by atoms with van der Waals surface area (Å²) in [7, 11) is 0. The third kappa shape index (κ3) is 6.55. The maximum absolute atomic E-state index is 12.1. The van der Waals surface area contributed by atoms with Crippen LogP contribution in [0.5, 0.6) is 0 Å². The Morgan fingerprint density at radius 2 is 2.13 bits per heavy atom. The molecule has 0 saturated carbocycles. The number of hydrogen-bond acceptors (Lipinski definition) is 5. The number of guanidine groups is 1. The first-order chi connectivity index (χ1) is 10.9. The normalized spacial score (nSPS) is 11.2. The molecule has 0 spiro atoms. The van der Waals surface area contributed by atoms with Crippen LogP contribution in [-0.4, -0.2) is 35.8 Å². The van der Waals surface area contributed by atoms with E-state index in [1.54, 1.807) is 17.6 Å². The number of carbonyl (C=O) groups is 2. The summed E-state index contributed by atoms with van der Waals surface area (Å²) >= 11 is 0. The second kappa shape index (κ2) is 9.13. The van der Waals surface area contributed by atoms with Crippen molar-refractivity contribution in [3.05, 3.63) is 45.5 Å². The van der Waals surface area contributed by atoms with Crippen LogP contribution in [0.2, 0.25) is 0 Å². The molecular weight excluding hydrogens is 302 g/mol. The number of hydrogen-bond donors (Lipinski definition) is 4. The molecule has 1 rings (SSSR count). The lowest BCUT2D eigenvalue weighted by Crippen LogP contribution is -2.41. The van der Waals surface area contributed by atoms with Crippen LogP contribution in [0.4, 0.5) is 0 Å². The van der Waals surface area contributed by atoms with Crippen molar-refractivity contribution in [2.45, 2.75) is 25.8 Å². The summed E-state index contributed by atoms with van der Waals surface area (Å²) < 4.78 is 0. The highest BCUT2D eigenvalue weighted by molar-refractivity contribution is 5.96. The van der Waals surface area contributed by atoms with Crippen LogP contribution in [0.3, 0.4) is 0 Å². The van der Waals surface area contributed by atoms with E-state index in [0.717, 1.165) is 5.56 Å². The highest BCUT2D eigenvalue weighted by atomic mass is 16.7. The first-order valence-electron chi connectivity index (χ1n) is 6.99. The number of benzene rings is 1. The summed E-state index contributed by atoms with van der Waals surface area (Å²) in [5, 5.41) is 21.6. The standard InChI is InChI=1S/C14H19N5O4/c1-10-5-2-3-7-12(10)13(21)17-11(9-20)6-4-8-16-14(15)18-19(22)23/h2-3,5,7,9,11H,4,6,8H2,1H3,(H,17,21)(H3,15,16,18). The van der Waals surface area contributed by atoms with Crippen LogP contribution in [0.15, 0.2) is 24.3 Å². The van der Waals surface area contributed by atoms with E-state index < -0.39 is 17.0 Å². The molecule has 0 aliphatic carbocycles. The van der Waals surface area contributed by atoms with E-state index in [-0.39, 0.29) is 12.5 Å². The maximum Gasteiger partial charge on any atom is 0.252 e. The Morgan fingerprint density at radius 3 is 2.74 bits per heavy atom. The van der Waals surface area contributed by atoms with Crippen molar-refractivity contribution in [1.82, 2.24) is 16.1 Å². The lowest BCUT2D eigenvalue weighted by molar-refractivity contribution is -0.525. The number of nitrogens with zero attached hydrogens (tertiary/aromatic N) is 1. The minimum Gasteiger partial charge on any atom is -0.352 e. The fraction of sp³-hybridized carbons (Fsp3) is 0.357. The quantitative estimate of drug-likeness (QED) is 0.136. The molecule has 0 heterocycles. The maximum atomic E-state index is 12.1. The minimum absolute atomic E-state index is 0.268. The van der Waals surface area contributed by atoms with Crippen molar-refractivity contribution in [3.63, 3.8) is 0 Å². The lowest BCUT2D eigenvalue weighted by atomic mass is 10.1. The molecule has 0 saturated heterocycles. The highest BCUT2D eigenvalue weighted by Crippen LogP contribution is 2.07. The van der Waals surface area contributed by atoms with Gasteiger partial charge in [0.1, 0.15) is 6.29 Å². The van der Waals surface area contributed by atoms with E-state index in [4.69, 9.17) is 5.41 Å². The minimum atomic E-state index is -0.841. The van der Waals surface area contributed by atoms with Crippen LogP contribution < -0.4 is 16.1 Å². The van der Waals surface area contributed by atoms with Gasteiger partial charge in [-0.25, -0.2) is 10.1 Å². The first-order valence-corrected chi connectivity index (χ1v) is 6.99. The van der Waals surface area contributed by atoms with Gasteiger partial charge in [0.05, 0.1) is 6.04 Å². The number of nitro groups is 1. The largest absolute Gasteiger partial charge is 0.352 e. The molecule has 0 aliphatic heterocycles. The fourth-order valence-electron chi connectivity index (χ4n) is 1.91.